The van der Waals surface area contributed by atoms with Crippen molar-refractivity contribution in [2.75, 3.05) is 32.1 Å². The number of hydrogen-bond donors (Lipinski definition) is 2. The predicted octanol–water partition coefficient (Wildman–Crippen LogP) is 2.57. The second kappa shape index (κ2) is 12.1. The molecule has 2 heterocycles. The molecule has 0 aliphatic carbocycles. The first-order valence-electron chi connectivity index (χ1n) is 12.7. The number of benzene rings is 1. The molecule has 204 valence electrons. The number of anilines is 1. The molecule has 0 bridgehead atoms. The van der Waals surface area contributed by atoms with Crippen LogP contribution in [0.5, 0.6) is 5.75 Å². The number of aromatic nitrogens is 2. The molecule has 12 heteroatoms. The van der Waals surface area contributed by atoms with E-state index >= 15 is 0 Å². The van der Waals surface area contributed by atoms with Crippen molar-refractivity contribution >= 4 is 27.5 Å². The van der Waals surface area contributed by atoms with Gasteiger partial charge in [-0.05, 0) is 57.5 Å². The highest BCUT2D eigenvalue weighted by molar-refractivity contribution is 7.89. The Kier molecular flexibility index (Phi) is 9.32. The Bertz CT molecular complexity index is 1240. The van der Waals surface area contributed by atoms with E-state index in [4.69, 9.17) is 10.5 Å². The van der Waals surface area contributed by atoms with E-state index in [1.807, 2.05) is 25.8 Å². The normalized spacial score (nSPS) is 16.3. The van der Waals surface area contributed by atoms with Crippen LogP contribution in [0.2, 0.25) is 0 Å². The number of nitrogens with two attached hydrogens (primary N) is 1. The highest BCUT2D eigenvalue weighted by Crippen LogP contribution is 2.30. The molecule has 0 spiro atoms. The van der Waals surface area contributed by atoms with Crippen molar-refractivity contribution in [1.82, 2.24) is 19.0 Å². The van der Waals surface area contributed by atoms with Crippen LogP contribution in [0.15, 0.2) is 23.1 Å². The highest BCUT2D eigenvalue weighted by atomic mass is 32.2. The first-order chi connectivity index (χ1) is 17.6. The molecule has 3 rings (SSSR count). The van der Waals surface area contributed by atoms with Gasteiger partial charge in [0.25, 0.3) is 11.8 Å². The lowest BCUT2D eigenvalue weighted by atomic mass is 10.1. The van der Waals surface area contributed by atoms with Gasteiger partial charge in [-0.15, -0.1) is 0 Å². The number of hydrogen-bond acceptors (Lipinski definition) is 7. The van der Waals surface area contributed by atoms with Gasteiger partial charge in [-0.1, -0.05) is 27.2 Å². The summed E-state index contributed by atoms with van der Waals surface area (Å²) in [5.41, 5.74) is 6.43. The summed E-state index contributed by atoms with van der Waals surface area (Å²) in [5, 5.41) is 7.11. The molecule has 37 heavy (non-hydrogen) atoms. The number of likely N-dealkylation sites (tertiary alicyclic amines) is 1. The molecule has 1 aliphatic rings. The molecule has 1 aromatic heterocycles. The minimum Gasteiger partial charge on any atom is -0.493 e. The Balaban J connectivity index is 2.05. The monoisotopic (exact) mass is 534 g/mol. The lowest BCUT2D eigenvalue weighted by molar-refractivity contribution is 0.0992. The zero-order chi connectivity index (χ0) is 27.3. The molecule has 1 aromatic carbocycles. The SMILES string of the molecule is CCCOc1ccc(S(=O)(=O)N(CC)C2CCCN2C)cc1C(=O)Nc1c(CCC)nn(C)c1C(N)=O. The maximum absolute atomic E-state index is 13.7. The van der Waals surface area contributed by atoms with Crippen LogP contribution in [-0.2, 0) is 23.5 Å². The van der Waals surface area contributed by atoms with Gasteiger partial charge >= 0.3 is 0 Å². The maximum Gasteiger partial charge on any atom is 0.269 e. The standard InChI is InChI=1S/C25H38N6O5S/c1-6-10-19-22(23(24(26)32)30(5)28-19)27-25(33)18-16-17(12-13-20(18)36-15-7-2)37(34,35)31(8-3)21-11-9-14-29(21)4/h12-13,16,21H,6-11,14-15H2,1-5H3,(H2,26,32)(H,27,33). The van der Waals surface area contributed by atoms with Crippen molar-refractivity contribution in [3.8, 4) is 5.75 Å². The first kappa shape index (κ1) is 28.6. The lowest BCUT2D eigenvalue weighted by Crippen LogP contribution is -2.46. The van der Waals surface area contributed by atoms with Gasteiger partial charge in [-0.25, -0.2) is 8.42 Å². The van der Waals surface area contributed by atoms with Gasteiger partial charge in [0.05, 0.1) is 34.6 Å². The first-order valence-corrected chi connectivity index (χ1v) is 14.2. The lowest BCUT2D eigenvalue weighted by Gasteiger charge is -2.31. The van der Waals surface area contributed by atoms with Gasteiger partial charge in [0.15, 0.2) is 0 Å². The molecule has 2 amide bonds. The average Bonchev–Trinajstić information content (AvgIpc) is 3.40. The number of primary amides is 1. The molecule has 1 saturated heterocycles. The molecule has 1 atom stereocenters. The van der Waals surface area contributed by atoms with E-state index in [-0.39, 0.29) is 33.8 Å². The summed E-state index contributed by atoms with van der Waals surface area (Å²) in [7, 11) is -0.410. The summed E-state index contributed by atoms with van der Waals surface area (Å²) in [4.78, 5) is 27.7. The zero-order valence-corrected chi connectivity index (χ0v) is 23.1. The van der Waals surface area contributed by atoms with Gasteiger partial charge in [0, 0.05) is 13.6 Å². The number of rotatable bonds is 12. The third kappa shape index (κ3) is 5.97. The Morgan fingerprint density at radius 3 is 2.51 bits per heavy atom. The van der Waals surface area contributed by atoms with Crippen LogP contribution in [0.25, 0.3) is 0 Å². The van der Waals surface area contributed by atoms with Crippen LogP contribution in [0, 0.1) is 0 Å². The van der Waals surface area contributed by atoms with Gasteiger partial charge in [-0.2, -0.15) is 9.40 Å². The molecule has 0 radical (unpaired) electrons. The number of sulfonamides is 1. The number of carbonyl (C=O) groups is 2. The second-order valence-electron chi connectivity index (χ2n) is 9.18. The maximum atomic E-state index is 13.7. The van der Waals surface area contributed by atoms with E-state index in [9.17, 15) is 18.0 Å². The second-order valence-corrected chi connectivity index (χ2v) is 11.1. The van der Waals surface area contributed by atoms with Gasteiger partial charge in [0.2, 0.25) is 10.0 Å². The summed E-state index contributed by atoms with van der Waals surface area (Å²) < 4.78 is 36.0. The molecular weight excluding hydrogens is 496 g/mol. The topological polar surface area (TPSA) is 140 Å². The number of ether oxygens (including phenoxy) is 1. The van der Waals surface area contributed by atoms with Crippen molar-refractivity contribution in [2.24, 2.45) is 12.8 Å². The number of aryl methyl sites for hydroxylation is 2. The van der Waals surface area contributed by atoms with Crippen LogP contribution in [-0.4, -0.2) is 72.1 Å². The highest BCUT2D eigenvalue weighted by Gasteiger charge is 2.36. The fourth-order valence-electron chi connectivity index (χ4n) is 4.70. The summed E-state index contributed by atoms with van der Waals surface area (Å²) >= 11 is 0. The van der Waals surface area contributed by atoms with Gasteiger partial charge < -0.3 is 15.8 Å². The van der Waals surface area contributed by atoms with Crippen LogP contribution >= 0.6 is 0 Å². The summed E-state index contributed by atoms with van der Waals surface area (Å²) in [6, 6.07) is 4.32. The van der Waals surface area contributed by atoms with E-state index in [0.717, 1.165) is 25.8 Å². The number of carbonyl (C=O) groups excluding carboxylic acids is 2. The van der Waals surface area contributed by atoms with Crippen molar-refractivity contribution in [1.29, 1.82) is 0 Å². The minimum atomic E-state index is -3.90. The van der Waals surface area contributed by atoms with Crippen LogP contribution in [0.4, 0.5) is 5.69 Å². The van der Waals surface area contributed by atoms with Crippen molar-refractivity contribution in [3.63, 3.8) is 0 Å². The third-order valence-corrected chi connectivity index (χ3v) is 8.44. The molecule has 2 aromatic rings. The van der Waals surface area contributed by atoms with Crippen LogP contribution in [0.1, 0.15) is 73.0 Å². The fraction of sp³-hybridized carbons (Fsp3) is 0.560. The van der Waals surface area contributed by atoms with E-state index < -0.39 is 21.8 Å². The number of nitrogens with zero attached hydrogens (tertiary/aromatic N) is 4. The zero-order valence-electron chi connectivity index (χ0n) is 22.3. The molecule has 1 fully saturated rings. The molecule has 1 aliphatic heterocycles. The largest absolute Gasteiger partial charge is 0.493 e. The Morgan fingerprint density at radius 2 is 1.95 bits per heavy atom. The quantitative estimate of drug-likeness (QED) is 0.426. The average molecular weight is 535 g/mol. The van der Waals surface area contributed by atoms with Gasteiger partial charge in [-0.3, -0.25) is 19.2 Å². The van der Waals surface area contributed by atoms with Crippen LogP contribution in [0.3, 0.4) is 0 Å². The van der Waals surface area contributed by atoms with Crippen molar-refractivity contribution < 1.29 is 22.7 Å². The fourth-order valence-corrected chi connectivity index (χ4v) is 6.41. The summed E-state index contributed by atoms with van der Waals surface area (Å²) in [6.07, 6.45) is 3.37. The van der Waals surface area contributed by atoms with Crippen LogP contribution < -0.4 is 15.8 Å². The Hall–Kier alpha value is -2.96. The van der Waals surface area contributed by atoms with Gasteiger partial charge in [0.1, 0.15) is 11.4 Å². The van der Waals surface area contributed by atoms with E-state index in [1.54, 1.807) is 14.0 Å². The third-order valence-electron chi connectivity index (χ3n) is 6.47. The summed E-state index contributed by atoms with van der Waals surface area (Å²) in [6.45, 7) is 7.16. The molecule has 11 nitrogen and oxygen atoms in total. The molecule has 0 saturated carbocycles. The minimum absolute atomic E-state index is 0.00117. The molecular formula is C25H38N6O5S. The van der Waals surface area contributed by atoms with Crippen molar-refractivity contribution in [2.45, 2.75) is 63.9 Å². The van der Waals surface area contributed by atoms with E-state index in [0.29, 0.717) is 31.7 Å². The Morgan fingerprint density at radius 1 is 1.22 bits per heavy atom. The number of nitrogens with one attached hydrogen (secondary N) is 1. The Labute approximate surface area is 219 Å². The summed E-state index contributed by atoms with van der Waals surface area (Å²) in [5.74, 6) is -1.09. The number of amides is 2. The van der Waals surface area contributed by atoms with E-state index in [2.05, 4.69) is 10.4 Å². The molecule has 1 unspecified atom stereocenters. The predicted molar refractivity (Wildman–Crippen MR) is 141 cm³/mol. The smallest absolute Gasteiger partial charge is 0.269 e. The van der Waals surface area contributed by atoms with Crippen molar-refractivity contribution in [3.05, 3.63) is 35.2 Å². The van der Waals surface area contributed by atoms with E-state index in [1.165, 1.54) is 27.2 Å². The molecule has 3 N–H and O–H groups in total.